The molecule has 2 aromatic carbocycles. The zero-order chi connectivity index (χ0) is 29.4. The Balaban J connectivity index is 1.73. The number of nitrogens with zero attached hydrogens (tertiary/aromatic N) is 1. The molecule has 0 spiro atoms. The zero-order valence-electron chi connectivity index (χ0n) is 23.6. The summed E-state index contributed by atoms with van der Waals surface area (Å²) in [5, 5.41) is 10.9. The summed E-state index contributed by atoms with van der Waals surface area (Å²) >= 11 is 6.10. The molecule has 1 aliphatic carbocycles. The first-order valence-corrected chi connectivity index (χ1v) is 14.3. The fraction of sp³-hybridized carbons (Fsp3) is 0.324. The van der Waals surface area contributed by atoms with Crippen LogP contribution < -0.4 is 4.74 Å². The highest BCUT2D eigenvalue weighted by atomic mass is 35.5. The van der Waals surface area contributed by atoms with Gasteiger partial charge in [-0.2, -0.15) is 0 Å². The van der Waals surface area contributed by atoms with Gasteiger partial charge in [0, 0.05) is 33.8 Å². The van der Waals surface area contributed by atoms with Crippen molar-refractivity contribution in [2.45, 2.75) is 59.5 Å². The van der Waals surface area contributed by atoms with Crippen LogP contribution in [0.4, 0.5) is 0 Å². The van der Waals surface area contributed by atoms with E-state index < -0.39 is 16.8 Å². The van der Waals surface area contributed by atoms with Crippen LogP contribution in [0.2, 0.25) is 5.02 Å². The van der Waals surface area contributed by atoms with Crippen LogP contribution in [0.15, 0.2) is 72.9 Å². The molecule has 0 aliphatic heterocycles. The number of aromatic nitrogens is 1. The van der Waals surface area contributed by atoms with Crippen LogP contribution in [0.25, 0.3) is 5.52 Å². The largest absolute Gasteiger partial charge is 0.489 e. The molecule has 0 saturated heterocycles. The second-order valence-electron chi connectivity index (χ2n) is 12.0. The van der Waals surface area contributed by atoms with Crippen LogP contribution in [0.5, 0.6) is 5.75 Å². The highest BCUT2D eigenvalue weighted by Crippen LogP contribution is 2.45. The molecule has 5 rings (SSSR count). The molecule has 1 fully saturated rings. The van der Waals surface area contributed by atoms with Crippen LogP contribution in [0.3, 0.4) is 0 Å². The summed E-state index contributed by atoms with van der Waals surface area (Å²) in [4.78, 5) is 41.0. The Morgan fingerprint density at radius 1 is 0.976 bits per heavy atom. The molecule has 4 aromatic rings. The quantitative estimate of drug-likeness (QED) is 0.207. The summed E-state index contributed by atoms with van der Waals surface area (Å²) in [5.41, 5.74) is 1.28. The lowest BCUT2D eigenvalue weighted by Gasteiger charge is -2.25. The molecule has 0 bridgehead atoms. The number of carbonyl (C=O) groups excluding carboxylic acids is 2. The number of halogens is 1. The highest BCUT2D eigenvalue weighted by Gasteiger charge is 2.44. The molecule has 0 radical (unpaired) electrons. The lowest BCUT2D eigenvalue weighted by Crippen LogP contribution is -2.32. The van der Waals surface area contributed by atoms with E-state index in [1.165, 1.54) is 0 Å². The number of pyridine rings is 1. The van der Waals surface area contributed by atoms with E-state index in [2.05, 4.69) is 0 Å². The molecule has 1 N–H and O–H groups in total. The van der Waals surface area contributed by atoms with Crippen molar-refractivity contribution in [2.24, 2.45) is 10.8 Å². The van der Waals surface area contributed by atoms with Gasteiger partial charge in [-0.05, 0) is 60.7 Å². The summed E-state index contributed by atoms with van der Waals surface area (Å²) in [5.74, 6) is -0.793. The highest BCUT2D eigenvalue weighted by molar-refractivity contribution is 6.30. The van der Waals surface area contributed by atoms with Crippen molar-refractivity contribution >= 4 is 34.7 Å². The molecule has 7 heteroatoms. The van der Waals surface area contributed by atoms with Gasteiger partial charge >= 0.3 is 5.97 Å². The van der Waals surface area contributed by atoms with E-state index in [0.717, 1.165) is 18.4 Å². The molecule has 1 aliphatic rings. The fourth-order valence-electron chi connectivity index (χ4n) is 5.76. The van der Waals surface area contributed by atoms with E-state index in [-0.39, 0.29) is 18.0 Å². The zero-order valence-corrected chi connectivity index (χ0v) is 24.3. The van der Waals surface area contributed by atoms with Gasteiger partial charge in [0.05, 0.1) is 16.6 Å². The third-order valence-electron chi connectivity index (χ3n) is 8.02. The summed E-state index contributed by atoms with van der Waals surface area (Å²) in [6.45, 7) is 5.84. The Labute approximate surface area is 244 Å². The van der Waals surface area contributed by atoms with E-state index in [1.54, 1.807) is 47.0 Å². The molecule has 41 heavy (non-hydrogen) atoms. The molecule has 1 saturated carbocycles. The average Bonchev–Trinajstić information content (AvgIpc) is 3.55. The minimum atomic E-state index is -1.04. The van der Waals surface area contributed by atoms with Crippen LogP contribution in [-0.2, 0) is 17.8 Å². The monoisotopic (exact) mass is 571 g/mol. The van der Waals surface area contributed by atoms with Crippen molar-refractivity contribution in [3.8, 4) is 5.75 Å². The predicted molar refractivity (Wildman–Crippen MR) is 159 cm³/mol. The number of carbonyl (C=O) groups is 3. The van der Waals surface area contributed by atoms with Crippen LogP contribution >= 0.6 is 11.6 Å². The van der Waals surface area contributed by atoms with E-state index >= 15 is 0 Å². The van der Waals surface area contributed by atoms with Crippen molar-refractivity contribution in [3.05, 3.63) is 106 Å². The average molecular weight is 572 g/mol. The number of carboxylic acids is 1. The number of ether oxygens (including phenoxy) is 1. The molecule has 2 heterocycles. The van der Waals surface area contributed by atoms with Gasteiger partial charge in [0.15, 0.2) is 5.78 Å². The number of rotatable bonds is 9. The first kappa shape index (κ1) is 28.6. The van der Waals surface area contributed by atoms with E-state index in [1.807, 2.05) is 51.1 Å². The van der Waals surface area contributed by atoms with Crippen molar-refractivity contribution in [3.63, 3.8) is 0 Å². The third-order valence-corrected chi connectivity index (χ3v) is 8.27. The minimum Gasteiger partial charge on any atom is -0.489 e. The maximum atomic E-state index is 14.2. The molecule has 0 unspecified atom stereocenters. The number of fused-ring (bicyclic) bond motifs is 1. The number of ketones is 2. The van der Waals surface area contributed by atoms with Gasteiger partial charge in [0.25, 0.3) is 0 Å². The predicted octanol–water partition coefficient (Wildman–Crippen LogP) is 7.82. The number of aliphatic carboxylic acids is 1. The van der Waals surface area contributed by atoms with Crippen molar-refractivity contribution in [1.82, 2.24) is 4.40 Å². The molecule has 212 valence electrons. The molecular weight excluding hydrogens is 538 g/mol. The normalized spacial score (nSPS) is 14.7. The topological polar surface area (TPSA) is 85.1 Å². The smallest absolute Gasteiger partial charge is 0.309 e. The Kier molecular flexibility index (Phi) is 7.80. The van der Waals surface area contributed by atoms with Gasteiger partial charge in [0.1, 0.15) is 12.4 Å². The third kappa shape index (κ3) is 5.66. The Hall–Kier alpha value is -3.90. The van der Waals surface area contributed by atoms with Gasteiger partial charge in [-0.3, -0.25) is 14.4 Å². The van der Waals surface area contributed by atoms with Crippen LogP contribution in [-0.4, -0.2) is 27.0 Å². The summed E-state index contributed by atoms with van der Waals surface area (Å²) in [6.07, 6.45) is 4.41. The fourth-order valence-corrected chi connectivity index (χ4v) is 5.88. The van der Waals surface area contributed by atoms with E-state index in [4.69, 9.17) is 16.3 Å². The molecule has 0 amide bonds. The van der Waals surface area contributed by atoms with Gasteiger partial charge in [-0.15, -0.1) is 0 Å². The molecular formula is C34H34ClNO5. The minimum absolute atomic E-state index is 0.0933. The summed E-state index contributed by atoms with van der Waals surface area (Å²) in [7, 11) is 0. The number of benzene rings is 2. The second-order valence-corrected chi connectivity index (χ2v) is 12.4. The second kappa shape index (κ2) is 11.2. The Bertz CT molecular complexity index is 1610. The van der Waals surface area contributed by atoms with E-state index in [9.17, 15) is 19.5 Å². The van der Waals surface area contributed by atoms with Gasteiger partial charge < -0.3 is 14.2 Å². The van der Waals surface area contributed by atoms with Crippen molar-refractivity contribution in [1.29, 1.82) is 0 Å². The van der Waals surface area contributed by atoms with Crippen LogP contribution in [0.1, 0.15) is 84.0 Å². The Morgan fingerprint density at radius 2 is 1.63 bits per heavy atom. The van der Waals surface area contributed by atoms with Gasteiger partial charge in [-0.25, -0.2) is 0 Å². The first-order chi connectivity index (χ1) is 19.5. The lowest BCUT2D eigenvalue weighted by atomic mass is 9.76. The van der Waals surface area contributed by atoms with Crippen LogP contribution in [0, 0.1) is 10.8 Å². The van der Waals surface area contributed by atoms with Crippen molar-refractivity contribution in [2.75, 3.05) is 0 Å². The standard InChI is InChI=1S/C34H34ClNO5/c1-33(2,3)31(38)28-26(20-34(32(39)40)16-7-8-17-34)29(30(37)23-11-13-24(35)14-12-23)36-18-15-25(19-27(28)36)41-21-22-9-5-4-6-10-22/h4-6,9-15,18-19H,7-8,16-17,20-21H2,1-3H3,(H,39,40). The van der Waals surface area contributed by atoms with Crippen molar-refractivity contribution < 1.29 is 24.2 Å². The Morgan fingerprint density at radius 3 is 2.24 bits per heavy atom. The summed E-state index contributed by atoms with van der Waals surface area (Å²) in [6, 6.07) is 19.9. The number of hydrogen-bond donors (Lipinski definition) is 1. The number of carboxylic acid groups (broad SMARTS) is 1. The summed E-state index contributed by atoms with van der Waals surface area (Å²) < 4.78 is 7.83. The molecule has 2 aromatic heterocycles. The number of hydrogen-bond acceptors (Lipinski definition) is 4. The van der Waals surface area contributed by atoms with Gasteiger partial charge in [0.2, 0.25) is 5.78 Å². The maximum Gasteiger partial charge on any atom is 0.309 e. The van der Waals surface area contributed by atoms with Gasteiger partial charge in [-0.1, -0.05) is 75.5 Å². The SMILES string of the molecule is CC(C)(C)C(=O)c1c(CC2(C(=O)O)CCCC2)c(C(=O)c2ccc(Cl)cc2)n2ccc(OCc3ccccc3)cc12. The van der Waals surface area contributed by atoms with E-state index in [0.29, 0.717) is 58.1 Å². The number of Topliss-reactive ketones (excluding diaryl/α,β-unsaturated/α-hetero) is 1. The molecule has 6 nitrogen and oxygen atoms in total. The lowest BCUT2D eigenvalue weighted by molar-refractivity contribution is -0.148. The maximum absolute atomic E-state index is 14.2. The first-order valence-electron chi connectivity index (χ1n) is 13.9. The molecule has 0 atom stereocenters.